The monoisotopic (exact) mass is 320 g/mol. The van der Waals surface area contributed by atoms with Crippen LogP contribution in [0.4, 0.5) is 0 Å². The smallest absolute Gasteiger partial charge is 0.257 e. The van der Waals surface area contributed by atoms with E-state index in [1.165, 1.54) is 0 Å². The maximum Gasteiger partial charge on any atom is 0.257 e. The molecule has 0 aliphatic carbocycles. The van der Waals surface area contributed by atoms with Crippen molar-refractivity contribution in [2.24, 2.45) is 0 Å². The third kappa shape index (κ3) is 6.98. The molecule has 1 amide bonds. The van der Waals surface area contributed by atoms with E-state index in [4.69, 9.17) is 16.3 Å². The van der Waals surface area contributed by atoms with E-state index < -0.39 is 0 Å². The van der Waals surface area contributed by atoms with Gasteiger partial charge in [0, 0.05) is 17.6 Å². The minimum atomic E-state index is -0.127. The van der Waals surface area contributed by atoms with Crippen LogP contribution in [0.25, 0.3) is 0 Å². The number of hydrogen-bond donors (Lipinski definition) is 2. The van der Waals surface area contributed by atoms with Crippen LogP contribution in [-0.2, 0) is 4.79 Å². The van der Waals surface area contributed by atoms with E-state index in [0.29, 0.717) is 17.3 Å². The van der Waals surface area contributed by atoms with Crippen LogP contribution < -0.4 is 15.4 Å². The summed E-state index contributed by atoms with van der Waals surface area (Å²) < 4.78 is 5.40. The molecule has 0 saturated heterocycles. The fourth-order valence-electron chi connectivity index (χ4n) is 1.59. The summed E-state index contributed by atoms with van der Waals surface area (Å²) in [5, 5.41) is 6.72. The zero-order valence-electron chi connectivity index (χ0n) is 12.0. The fraction of sp³-hybridized carbons (Fsp3) is 0.500. The predicted octanol–water partition coefficient (Wildman–Crippen LogP) is 2.56. The lowest BCUT2D eigenvalue weighted by Gasteiger charge is -2.13. The van der Waals surface area contributed by atoms with Crippen molar-refractivity contribution in [1.29, 1.82) is 0 Å². The molecule has 20 heavy (non-hydrogen) atoms. The molecule has 1 aromatic carbocycles. The molecule has 0 unspecified atom stereocenters. The Bertz CT molecular complexity index is 428. The van der Waals surface area contributed by atoms with Crippen LogP contribution >= 0.6 is 24.0 Å². The van der Waals surface area contributed by atoms with Gasteiger partial charge in [0.1, 0.15) is 5.75 Å². The van der Waals surface area contributed by atoms with Gasteiger partial charge in [-0.2, -0.15) is 0 Å². The fourth-order valence-corrected chi connectivity index (χ4v) is 1.71. The first-order valence-corrected chi connectivity index (χ1v) is 6.79. The topological polar surface area (TPSA) is 50.4 Å². The standard InChI is InChI=1S/C14H21ClN2O2.ClH/c1-4-16-11(3)8-17-14(18)9-19-12-5-6-13(15)10(2)7-12;/h5-7,11,16H,4,8-9H2,1-3H3,(H,17,18);1H/t11-;/m1./s1. The Morgan fingerprint density at radius 2 is 2.15 bits per heavy atom. The van der Waals surface area contributed by atoms with Crippen molar-refractivity contribution in [2.75, 3.05) is 19.7 Å². The molecule has 0 aliphatic rings. The number of carbonyl (C=O) groups is 1. The highest BCUT2D eigenvalue weighted by Crippen LogP contribution is 2.20. The van der Waals surface area contributed by atoms with Gasteiger partial charge in [-0.25, -0.2) is 0 Å². The van der Waals surface area contributed by atoms with E-state index in [1.54, 1.807) is 12.1 Å². The summed E-state index contributed by atoms with van der Waals surface area (Å²) in [6.45, 7) is 7.44. The molecule has 0 spiro atoms. The quantitative estimate of drug-likeness (QED) is 0.811. The summed E-state index contributed by atoms with van der Waals surface area (Å²) >= 11 is 5.92. The molecule has 6 heteroatoms. The van der Waals surface area contributed by atoms with E-state index in [9.17, 15) is 4.79 Å². The number of likely N-dealkylation sites (N-methyl/N-ethyl adjacent to an activating group) is 1. The third-order valence-corrected chi connectivity index (χ3v) is 3.08. The second kappa shape index (κ2) is 9.86. The first kappa shape index (κ1) is 19.0. The lowest BCUT2D eigenvalue weighted by Crippen LogP contribution is -2.40. The van der Waals surface area contributed by atoms with Gasteiger partial charge in [0.25, 0.3) is 5.91 Å². The Hall–Kier alpha value is -0.970. The van der Waals surface area contributed by atoms with Gasteiger partial charge in [-0.15, -0.1) is 12.4 Å². The van der Waals surface area contributed by atoms with Gasteiger partial charge in [-0.1, -0.05) is 18.5 Å². The van der Waals surface area contributed by atoms with E-state index in [2.05, 4.69) is 10.6 Å². The van der Waals surface area contributed by atoms with Crippen molar-refractivity contribution in [3.05, 3.63) is 28.8 Å². The van der Waals surface area contributed by atoms with Gasteiger partial charge < -0.3 is 15.4 Å². The van der Waals surface area contributed by atoms with Gasteiger partial charge >= 0.3 is 0 Å². The largest absolute Gasteiger partial charge is 0.484 e. The third-order valence-electron chi connectivity index (χ3n) is 2.66. The minimum Gasteiger partial charge on any atom is -0.484 e. The molecular formula is C14H22Cl2N2O2. The number of rotatable bonds is 7. The van der Waals surface area contributed by atoms with Gasteiger partial charge in [-0.3, -0.25) is 4.79 Å². The van der Waals surface area contributed by atoms with E-state index in [0.717, 1.165) is 12.1 Å². The SMILES string of the molecule is CCN[C@H](C)CNC(=O)COc1ccc(Cl)c(C)c1.Cl. The number of aryl methyl sites for hydroxylation is 1. The number of amides is 1. The maximum absolute atomic E-state index is 11.6. The van der Waals surface area contributed by atoms with Crippen LogP contribution in [0.5, 0.6) is 5.75 Å². The molecule has 0 bridgehead atoms. The molecule has 2 N–H and O–H groups in total. The van der Waals surface area contributed by atoms with Crippen LogP contribution in [0.1, 0.15) is 19.4 Å². The Balaban J connectivity index is 0.00000361. The average molecular weight is 321 g/mol. The van der Waals surface area contributed by atoms with E-state index in [1.807, 2.05) is 26.8 Å². The van der Waals surface area contributed by atoms with Gasteiger partial charge in [0.15, 0.2) is 6.61 Å². The highest BCUT2D eigenvalue weighted by Gasteiger charge is 2.06. The number of benzene rings is 1. The normalized spacial score (nSPS) is 11.4. The number of hydrogen-bond acceptors (Lipinski definition) is 3. The van der Waals surface area contributed by atoms with Crippen LogP contribution in [0.3, 0.4) is 0 Å². The van der Waals surface area contributed by atoms with E-state index >= 15 is 0 Å². The average Bonchev–Trinajstić information content (AvgIpc) is 2.38. The van der Waals surface area contributed by atoms with Crippen LogP contribution in [0.2, 0.25) is 5.02 Å². The Morgan fingerprint density at radius 1 is 1.45 bits per heavy atom. The van der Waals surface area contributed by atoms with E-state index in [-0.39, 0.29) is 31.0 Å². The summed E-state index contributed by atoms with van der Waals surface area (Å²) in [6.07, 6.45) is 0. The molecule has 0 heterocycles. The van der Waals surface area contributed by atoms with Crippen molar-refractivity contribution < 1.29 is 9.53 Å². The van der Waals surface area contributed by atoms with Crippen LogP contribution in [0.15, 0.2) is 18.2 Å². The first-order chi connectivity index (χ1) is 9.02. The minimum absolute atomic E-state index is 0. The van der Waals surface area contributed by atoms with Gasteiger partial charge in [0.2, 0.25) is 0 Å². The molecule has 4 nitrogen and oxygen atoms in total. The molecule has 1 atom stereocenters. The predicted molar refractivity (Wildman–Crippen MR) is 85.1 cm³/mol. The van der Waals surface area contributed by atoms with Crippen molar-refractivity contribution >= 4 is 29.9 Å². The molecular weight excluding hydrogens is 299 g/mol. The molecule has 0 radical (unpaired) electrons. The number of halogens is 2. The summed E-state index contributed by atoms with van der Waals surface area (Å²) in [6, 6.07) is 5.59. The zero-order valence-corrected chi connectivity index (χ0v) is 13.6. The molecule has 1 rings (SSSR count). The maximum atomic E-state index is 11.6. The molecule has 0 fully saturated rings. The summed E-state index contributed by atoms with van der Waals surface area (Å²) in [7, 11) is 0. The Morgan fingerprint density at radius 3 is 2.75 bits per heavy atom. The van der Waals surface area contributed by atoms with Crippen molar-refractivity contribution in [1.82, 2.24) is 10.6 Å². The van der Waals surface area contributed by atoms with Crippen LogP contribution in [-0.4, -0.2) is 31.6 Å². The lowest BCUT2D eigenvalue weighted by molar-refractivity contribution is -0.123. The highest BCUT2D eigenvalue weighted by atomic mass is 35.5. The molecule has 0 aromatic heterocycles. The summed E-state index contributed by atoms with van der Waals surface area (Å²) in [5.74, 6) is 0.522. The number of ether oxygens (including phenoxy) is 1. The molecule has 0 saturated carbocycles. The zero-order chi connectivity index (χ0) is 14.3. The van der Waals surface area contributed by atoms with Gasteiger partial charge in [0.05, 0.1) is 0 Å². The number of carbonyl (C=O) groups excluding carboxylic acids is 1. The Labute approximate surface area is 131 Å². The molecule has 114 valence electrons. The van der Waals surface area contributed by atoms with Crippen molar-refractivity contribution in [2.45, 2.75) is 26.8 Å². The Kier molecular flexibility index (Phi) is 9.38. The first-order valence-electron chi connectivity index (χ1n) is 6.42. The number of nitrogens with one attached hydrogen (secondary N) is 2. The van der Waals surface area contributed by atoms with Crippen molar-refractivity contribution in [3.63, 3.8) is 0 Å². The van der Waals surface area contributed by atoms with Crippen molar-refractivity contribution in [3.8, 4) is 5.75 Å². The van der Waals surface area contributed by atoms with Crippen LogP contribution in [0, 0.1) is 6.92 Å². The second-order valence-corrected chi connectivity index (χ2v) is 4.87. The van der Waals surface area contributed by atoms with Gasteiger partial charge in [-0.05, 0) is 44.2 Å². The summed E-state index contributed by atoms with van der Waals surface area (Å²) in [4.78, 5) is 11.6. The molecule has 1 aromatic rings. The summed E-state index contributed by atoms with van der Waals surface area (Å²) in [5.41, 5.74) is 0.931. The lowest BCUT2D eigenvalue weighted by atomic mass is 10.2. The highest BCUT2D eigenvalue weighted by molar-refractivity contribution is 6.31. The second-order valence-electron chi connectivity index (χ2n) is 4.46. The molecule has 0 aliphatic heterocycles.